The number of sulfone groups is 1. The highest BCUT2D eigenvalue weighted by Crippen LogP contribution is 2.35. The Kier molecular flexibility index (Phi) is 6.93. The third-order valence-corrected chi connectivity index (χ3v) is 8.20. The van der Waals surface area contributed by atoms with Crippen LogP contribution in [0.3, 0.4) is 0 Å². The van der Waals surface area contributed by atoms with Gasteiger partial charge >= 0.3 is 0 Å². The molecule has 2 aromatic carbocycles. The highest BCUT2D eigenvalue weighted by molar-refractivity contribution is 7.91. The molecule has 1 amide bonds. The van der Waals surface area contributed by atoms with Gasteiger partial charge in [-0.1, -0.05) is 42.5 Å². The van der Waals surface area contributed by atoms with Gasteiger partial charge in [0.15, 0.2) is 9.84 Å². The summed E-state index contributed by atoms with van der Waals surface area (Å²) >= 11 is 0. The van der Waals surface area contributed by atoms with E-state index >= 15 is 0 Å². The van der Waals surface area contributed by atoms with Gasteiger partial charge in [0.25, 0.3) is 0 Å². The van der Waals surface area contributed by atoms with Crippen LogP contribution >= 0.6 is 0 Å². The molecule has 172 valence electrons. The topological polar surface area (TPSA) is 75.7 Å². The van der Waals surface area contributed by atoms with Gasteiger partial charge in [-0.25, -0.2) is 12.8 Å². The Morgan fingerprint density at radius 3 is 2.41 bits per heavy atom. The lowest BCUT2D eigenvalue weighted by atomic mass is 9.74. The van der Waals surface area contributed by atoms with Crippen LogP contribution < -0.4 is 5.32 Å². The molecule has 0 aliphatic carbocycles. The second-order valence-electron chi connectivity index (χ2n) is 8.62. The molecule has 0 bridgehead atoms. The van der Waals surface area contributed by atoms with Gasteiger partial charge in [0.05, 0.1) is 11.5 Å². The van der Waals surface area contributed by atoms with Gasteiger partial charge in [-0.3, -0.25) is 9.69 Å². The molecule has 1 atom stereocenters. The van der Waals surface area contributed by atoms with E-state index < -0.39 is 21.3 Å². The van der Waals surface area contributed by atoms with Crippen LogP contribution in [0.4, 0.5) is 4.39 Å². The van der Waals surface area contributed by atoms with Crippen molar-refractivity contribution in [3.8, 4) is 0 Å². The molecule has 0 radical (unpaired) electrons. The molecule has 2 fully saturated rings. The van der Waals surface area contributed by atoms with E-state index in [9.17, 15) is 17.6 Å². The summed E-state index contributed by atoms with van der Waals surface area (Å²) in [6.07, 6.45) is 1.38. The first kappa shape index (κ1) is 22.9. The summed E-state index contributed by atoms with van der Waals surface area (Å²) in [6, 6.07) is 15.4. The van der Waals surface area contributed by atoms with Gasteiger partial charge in [-0.15, -0.1) is 0 Å². The van der Waals surface area contributed by atoms with Crippen molar-refractivity contribution in [1.82, 2.24) is 10.2 Å². The largest absolute Gasteiger partial charge is 0.381 e. The predicted octanol–water partition coefficient (Wildman–Crippen LogP) is 2.46. The number of amides is 1. The monoisotopic (exact) mass is 460 g/mol. The molecular weight excluding hydrogens is 431 g/mol. The summed E-state index contributed by atoms with van der Waals surface area (Å²) in [5.74, 6) is -0.364. The first-order valence-electron chi connectivity index (χ1n) is 11.0. The minimum atomic E-state index is -3.06. The Hall–Kier alpha value is -2.29. The van der Waals surface area contributed by atoms with E-state index in [1.165, 1.54) is 6.07 Å². The quantitative estimate of drug-likeness (QED) is 0.717. The lowest BCUT2D eigenvalue weighted by molar-refractivity contribution is -0.127. The molecule has 8 heteroatoms. The Bertz CT molecular complexity index is 1020. The third kappa shape index (κ3) is 5.19. The average Bonchev–Trinajstić information content (AvgIpc) is 2.80. The minimum Gasteiger partial charge on any atom is -0.381 e. The van der Waals surface area contributed by atoms with Crippen molar-refractivity contribution in [3.63, 3.8) is 0 Å². The van der Waals surface area contributed by atoms with Crippen molar-refractivity contribution in [3.05, 3.63) is 71.5 Å². The minimum absolute atomic E-state index is 0.0498. The van der Waals surface area contributed by atoms with Gasteiger partial charge in [0, 0.05) is 38.3 Å². The number of halogens is 1. The zero-order chi connectivity index (χ0) is 22.6. The lowest BCUT2D eigenvalue weighted by Gasteiger charge is -2.39. The maximum absolute atomic E-state index is 14.0. The van der Waals surface area contributed by atoms with Gasteiger partial charge in [0.2, 0.25) is 5.91 Å². The molecule has 2 saturated heterocycles. The van der Waals surface area contributed by atoms with Crippen molar-refractivity contribution >= 4 is 15.7 Å². The Morgan fingerprint density at radius 2 is 1.75 bits per heavy atom. The molecule has 1 N–H and O–H groups in total. The van der Waals surface area contributed by atoms with E-state index in [0.717, 1.165) is 11.1 Å². The third-order valence-electron chi connectivity index (χ3n) is 6.60. The Labute approximate surface area is 188 Å². The van der Waals surface area contributed by atoms with Crippen LogP contribution in [0.25, 0.3) is 0 Å². The number of nitrogens with one attached hydrogen (secondary N) is 1. The number of hydrogen-bond acceptors (Lipinski definition) is 5. The van der Waals surface area contributed by atoms with Crippen LogP contribution in [-0.4, -0.2) is 63.6 Å². The van der Waals surface area contributed by atoms with Gasteiger partial charge in [0.1, 0.15) is 11.9 Å². The first-order valence-corrected chi connectivity index (χ1v) is 12.8. The molecule has 0 aromatic heterocycles. The van der Waals surface area contributed by atoms with Crippen molar-refractivity contribution in [1.29, 1.82) is 0 Å². The fourth-order valence-electron chi connectivity index (χ4n) is 4.65. The van der Waals surface area contributed by atoms with E-state index in [1.807, 2.05) is 41.3 Å². The molecule has 0 spiro atoms. The SMILES string of the molecule is O=C(NCC1(c2cccc(F)c2)CCOCC1)C(c1ccccc1)N1CCS(=O)(=O)CC1. The maximum atomic E-state index is 14.0. The highest BCUT2D eigenvalue weighted by Gasteiger charge is 2.37. The fraction of sp³-hybridized carbons (Fsp3) is 0.458. The zero-order valence-corrected chi connectivity index (χ0v) is 18.8. The van der Waals surface area contributed by atoms with Gasteiger partial charge < -0.3 is 10.1 Å². The molecule has 1 unspecified atom stereocenters. The standard InChI is InChI=1S/C24H29FN2O4S/c25-21-8-4-7-20(17-21)24(9-13-31-14-10-24)18-26-23(28)22(19-5-2-1-3-6-19)27-11-15-32(29,30)16-12-27/h1-8,17,22H,9-16,18H2,(H,26,28). The number of ether oxygens (including phenoxy) is 1. The summed E-state index contributed by atoms with van der Waals surface area (Å²) in [6.45, 7) is 2.11. The number of rotatable bonds is 6. The van der Waals surface area contributed by atoms with E-state index in [4.69, 9.17) is 4.74 Å². The van der Waals surface area contributed by atoms with Crippen molar-refractivity contribution in [2.45, 2.75) is 24.3 Å². The normalized spacial score (nSPS) is 21.5. The molecule has 0 saturated carbocycles. The second kappa shape index (κ2) is 9.68. The second-order valence-corrected chi connectivity index (χ2v) is 10.9. The average molecular weight is 461 g/mol. The van der Waals surface area contributed by atoms with E-state index in [1.54, 1.807) is 12.1 Å². The van der Waals surface area contributed by atoms with Crippen LogP contribution in [0.1, 0.15) is 30.0 Å². The summed E-state index contributed by atoms with van der Waals surface area (Å²) in [5, 5.41) is 3.12. The fourth-order valence-corrected chi connectivity index (χ4v) is 5.88. The molecule has 2 heterocycles. The number of benzene rings is 2. The molecular formula is C24H29FN2O4S. The summed E-state index contributed by atoms with van der Waals surface area (Å²) in [4.78, 5) is 15.4. The van der Waals surface area contributed by atoms with E-state index in [-0.39, 0.29) is 23.2 Å². The lowest BCUT2D eigenvalue weighted by Crippen LogP contribution is -2.50. The van der Waals surface area contributed by atoms with Crippen molar-refractivity contribution < 1.29 is 22.3 Å². The number of carbonyl (C=O) groups excluding carboxylic acids is 1. The van der Waals surface area contributed by atoms with Crippen LogP contribution in [-0.2, 0) is 24.8 Å². The maximum Gasteiger partial charge on any atom is 0.241 e. The van der Waals surface area contributed by atoms with Crippen LogP contribution in [0, 0.1) is 5.82 Å². The van der Waals surface area contributed by atoms with Crippen LogP contribution in [0.15, 0.2) is 54.6 Å². The predicted molar refractivity (Wildman–Crippen MR) is 121 cm³/mol. The smallest absolute Gasteiger partial charge is 0.241 e. The molecule has 32 heavy (non-hydrogen) atoms. The summed E-state index contributed by atoms with van der Waals surface area (Å²) < 4.78 is 43.3. The highest BCUT2D eigenvalue weighted by atomic mass is 32.2. The first-order chi connectivity index (χ1) is 15.4. The van der Waals surface area contributed by atoms with Gasteiger partial charge in [-0.05, 0) is 36.1 Å². The zero-order valence-electron chi connectivity index (χ0n) is 18.0. The van der Waals surface area contributed by atoms with Gasteiger partial charge in [-0.2, -0.15) is 0 Å². The summed E-state index contributed by atoms with van der Waals surface area (Å²) in [5.41, 5.74) is 1.29. The number of hydrogen-bond donors (Lipinski definition) is 1. The Morgan fingerprint density at radius 1 is 1.06 bits per heavy atom. The molecule has 2 aliphatic heterocycles. The number of nitrogens with zero attached hydrogens (tertiary/aromatic N) is 1. The Balaban J connectivity index is 1.56. The molecule has 4 rings (SSSR count). The van der Waals surface area contributed by atoms with Crippen molar-refractivity contribution in [2.75, 3.05) is 44.4 Å². The molecule has 2 aliphatic rings. The van der Waals surface area contributed by atoms with E-state index in [0.29, 0.717) is 45.7 Å². The number of carbonyl (C=O) groups is 1. The van der Waals surface area contributed by atoms with Crippen LogP contribution in [0.2, 0.25) is 0 Å². The molecule has 6 nitrogen and oxygen atoms in total. The van der Waals surface area contributed by atoms with Crippen LogP contribution in [0.5, 0.6) is 0 Å². The van der Waals surface area contributed by atoms with Crippen molar-refractivity contribution in [2.24, 2.45) is 0 Å². The van der Waals surface area contributed by atoms with E-state index in [2.05, 4.69) is 5.32 Å². The molecule has 2 aromatic rings. The summed E-state index contributed by atoms with van der Waals surface area (Å²) in [7, 11) is -3.06.